The van der Waals surface area contributed by atoms with Gasteiger partial charge in [-0.1, -0.05) is 6.07 Å². The molecule has 0 saturated heterocycles. The second-order valence-electron chi connectivity index (χ2n) is 4.44. The van der Waals surface area contributed by atoms with Crippen LogP contribution in [-0.4, -0.2) is 40.0 Å². The number of anilines is 1. The van der Waals surface area contributed by atoms with Crippen LogP contribution in [0.15, 0.2) is 18.2 Å². The summed E-state index contributed by atoms with van der Waals surface area (Å²) in [6.07, 6.45) is -0.602. The van der Waals surface area contributed by atoms with Crippen LogP contribution in [0.5, 0.6) is 0 Å². The molecular weight excluding hydrogens is 294 g/mol. The molecule has 0 radical (unpaired) electrons. The van der Waals surface area contributed by atoms with Crippen molar-refractivity contribution in [1.29, 1.82) is 0 Å². The molecule has 9 nitrogen and oxygen atoms in total. The topological polar surface area (TPSA) is 173 Å². The number of hydrogen-bond donors (Lipinski definition) is 5. The minimum Gasteiger partial charge on any atom is -0.481 e. The number of nitrogens with one attached hydrogen (secondary N) is 1. The molecule has 0 spiro atoms. The smallest absolute Gasteiger partial charge is 0.336 e. The normalized spacial score (nSPS) is 11.5. The lowest BCUT2D eigenvalue weighted by molar-refractivity contribution is -0.137. The number of hydrogen-bond acceptors (Lipinski definition) is 5. The first-order chi connectivity index (χ1) is 10.2. The number of aromatic carboxylic acids is 1. The molecule has 1 aromatic carbocycles. The summed E-state index contributed by atoms with van der Waals surface area (Å²) < 4.78 is 0. The number of rotatable bonds is 7. The van der Waals surface area contributed by atoms with Gasteiger partial charge in [0.2, 0.25) is 5.91 Å². The average Bonchev–Trinajstić information content (AvgIpc) is 2.42. The summed E-state index contributed by atoms with van der Waals surface area (Å²) >= 11 is 0. The first kappa shape index (κ1) is 17.0. The molecule has 0 aromatic heterocycles. The predicted octanol–water partition coefficient (Wildman–Crippen LogP) is -0.584. The third-order valence-corrected chi connectivity index (χ3v) is 2.85. The van der Waals surface area contributed by atoms with E-state index in [9.17, 15) is 19.2 Å². The van der Waals surface area contributed by atoms with Gasteiger partial charge in [-0.25, -0.2) is 4.79 Å². The van der Waals surface area contributed by atoms with Crippen molar-refractivity contribution in [3.63, 3.8) is 0 Å². The summed E-state index contributed by atoms with van der Waals surface area (Å²) in [5.74, 6) is -4.37. The Labute approximate surface area is 124 Å². The van der Waals surface area contributed by atoms with Crippen molar-refractivity contribution >= 4 is 29.4 Å². The van der Waals surface area contributed by atoms with E-state index >= 15 is 0 Å². The second-order valence-corrected chi connectivity index (χ2v) is 4.44. The molecule has 1 rings (SSSR count). The highest BCUT2D eigenvalue weighted by molar-refractivity contribution is 6.09. The molecule has 2 amide bonds. The Balaban J connectivity index is 3.02. The van der Waals surface area contributed by atoms with E-state index < -0.39 is 29.8 Å². The Morgan fingerprint density at radius 3 is 2.32 bits per heavy atom. The molecule has 0 aliphatic carbocycles. The fraction of sp³-hybridized carbons (Fsp3) is 0.231. The first-order valence-corrected chi connectivity index (χ1v) is 6.17. The van der Waals surface area contributed by atoms with Crippen LogP contribution in [0.3, 0.4) is 0 Å². The minimum absolute atomic E-state index is 0.0844. The standard InChI is InChI=1S/C13H15N3O6/c14-7-3-1-2-6(13(21)22)10(7)12(20)16-8(11(15)19)4-5-9(17)18/h1-3,8H,4-5,14H2,(H2,15,19)(H,16,20)(H,17,18)(H,21,22). The summed E-state index contributed by atoms with van der Waals surface area (Å²) in [6.45, 7) is 0. The van der Waals surface area contributed by atoms with Crippen molar-refractivity contribution in [3.8, 4) is 0 Å². The number of primary amides is 1. The van der Waals surface area contributed by atoms with Crippen LogP contribution in [-0.2, 0) is 9.59 Å². The number of nitrogens with two attached hydrogens (primary N) is 2. The van der Waals surface area contributed by atoms with E-state index in [2.05, 4.69) is 5.32 Å². The van der Waals surface area contributed by atoms with E-state index in [4.69, 9.17) is 21.7 Å². The van der Waals surface area contributed by atoms with Gasteiger partial charge >= 0.3 is 11.9 Å². The van der Waals surface area contributed by atoms with Crippen LogP contribution >= 0.6 is 0 Å². The maximum Gasteiger partial charge on any atom is 0.336 e. The monoisotopic (exact) mass is 309 g/mol. The lowest BCUT2D eigenvalue weighted by Crippen LogP contribution is -2.45. The molecular formula is C13H15N3O6. The van der Waals surface area contributed by atoms with E-state index in [1.165, 1.54) is 18.2 Å². The zero-order valence-corrected chi connectivity index (χ0v) is 11.4. The van der Waals surface area contributed by atoms with Gasteiger partial charge in [0, 0.05) is 12.1 Å². The molecule has 0 saturated carbocycles. The maximum absolute atomic E-state index is 12.1. The van der Waals surface area contributed by atoms with Gasteiger partial charge < -0.3 is 27.0 Å². The molecule has 1 unspecified atom stereocenters. The fourth-order valence-electron chi connectivity index (χ4n) is 1.79. The maximum atomic E-state index is 12.1. The minimum atomic E-state index is -1.36. The molecule has 1 atom stereocenters. The van der Waals surface area contributed by atoms with Crippen LogP contribution in [0.2, 0.25) is 0 Å². The Morgan fingerprint density at radius 2 is 1.82 bits per heavy atom. The zero-order valence-electron chi connectivity index (χ0n) is 11.4. The van der Waals surface area contributed by atoms with Crippen molar-refractivity contribution in [2.24, 2.45) is 5.73 Å². The Hall–Kier alpha value is -3.10. The van der Waals surface area contributed by atoms with Gasteiger partial charge in [0.25, 0.3) is 5.91 Å². The SMILES string of the molecule is NC(=O)C(CCC(=O)O)NC(=O)c1c(N)cccc1C(=O)O. The van der Waals surface area contributed by atoms with Gasteiger partial charge in [-0.2, -0.15) is 0 Å². The molecule has 118 valence electrons. The summed E-state index contributed by atoms with van der Waals surface area (Å²) in [4.78, 5) is 45.0. The van der Waals surface area contributed by atoms with E-state index in [1.807, 2.05) is 0 Å². The number of amides is 2. The lowest BCUT2D eigenvalue weighted by atomic mass is 10.0. The predicted molar refractivity (Wildman–Crippen MR) is 75.1 cm³/mol. The molecule has 9 heteroatoms. The molecule has 0 aliphatic rings. The van der Waals surface area contributed by atoms with Crippen LogP contribution in [0.25, 0.3) is 0 Å². The number of nitrogen functional groups attached to an aromatic ring is 1. The van der Waals surface area contributed by atoms with Crippen molar-refractivity contribution in [2.75, 3.05) is 5.73 Å². The highest BCUT2D eigenvalue weighted by Gasteiger charge is 2.24. The number of aliphatic carboxylic acids is 1. The molecule has 0 heterocycles. The largest absolute Gasteiger partial charge is 0.481 e. The summed E-state index contributed by atoms with van der Waals surface area (Å²) in [6, 6.07) is 2.64. The molecule has 1 aromatic rings. The van der Waals surface area contributed by atoms with Crippen molar-refractivity contribution in [3.05, 3.63) is 29.3 Å². The van der Waals surface area contributed by atoms with Gasteiger partial charge in [0.1, 0.15) is 6.04 Å². The zero-order chi connectivity index (χ0) is 16.9. The van der Waals surface area contributed by atoms with Crippen LogP contribution in [0.4, 0.5) is 5.69 Å². The van der Waals surface area contributed by atoms with Crippen molar-refractivity contribution in [1.82, 2.24) is 5.32 Å². The highest BCUT2D eigenvalue weighted by Crippen LogP contribution is 2.17. The van der Waals surface area contributed by atoms with Gasteiger partial charge in [-0.3, -0.25) is 14.4 Å². The Morgan fingerprint density at radius 1 is 1.18 bits per heavy atom. The third-order valence-electron chi connectivity index (χ3n) is 2.85. The highest BCUT2D eigenvalue weighted by atomic mass is 16.4. The van der Waals surface area contributed by atoms with Gasteiger partial charge in [0.15, 0.2) is 0 Å². The molecule has 0 fully saturated rings. The van der Waals surface area contributed by atoms with E-state index in [-0.39, 0.29) is 29.7 Å². The van der Waals surface area contributed by atoms with Crippen LogP contribution in [0.1, 0.15) is 33.6 Å². The third kappa shape index (κ3) is 4.20. The molecule has 22 heavy (non-hydrogen) atoms. The number of benzene rings is 1. The summed E-state index contributed by atoms with van der Waals surface area (Å²) in [5.41, 5.74) is 9.96. The Kier molecular flexibility index (Phi) is 5.44. The molecule has 0 bridgehead atoms. The van der Waals surface area contributed by atoms with Crippen LogP contribution in [0, 0.1) is 0 Å². The van der Waals surface area contributed by atoms with Gasteiger partial charge in [-0.05, 0) is 18.6 Å². The summed E-state index contributed by atoms with van der Waals surface area (Å²) in [7, 11) is 0. The average molecular weight is 309 g/mol. The Bertz CT molecular complexity index is 628. The second kappa shape index (κ2) is 7.07. The van der Waals surface area contributed by atoms with E-state index in [0.29, 0.717) is 0 Å². The fourth-order valence-corrected chi connectivity index (χ4v) is 1.79. The van der Waals surface area contributed by atoms with Crippen LogP contribution < -0.4 is 16.8 Å². The van der Waals surface area contributed by atoms with Crippen molar-refractivity contribution < 1.29 is 29.4 Å². The first-order valence-electron chi connectivity index (χ1n) is 6.17. The molecule has 0 aliphatic heterocycles. The van der Waals surface area contributed by atoms with Crippen molar-refractivity contribution in [2.45, 2.75) is 18.9 Å². The van der Waals surface area contributed by atoms with Gasteiger partial charge in [-0.15, -0.1) is 0 Å². The molecule has 7 N–H and O–H groups in total. The number of carboxylic acids is 2. The quantitative estimate of drug-likeness (QED) is 0.419. The lowest BCUT2D eigenvalue weighted by Gasteiger charge is -2.16. The van der Waals surface area contributed by atoms with E-state index in [0.717, 1.165) is 0 Å². The number of carboxylic acid groups (broad SMARTS) is 2. The number of carbonyl (C=O) groups is 4. The van der Waals surface area contributed by atoms with E-state index in [1.54, 1.807) is 0 Å². The number of carbonyl (C=O) groups excluding carboxylic acids is 2. The summed E-state index contributed by atoms with van der Waals surface area (Å²) in [5, 5.41) is 19.9. The van der Waals surface area contributed by atoms with Gasteiger partial charge in [0.05, 0.1) is 11.1 Å².